The predicted octanol–water partition coefficient (Wildman–Crippen LogP) is 7.81. The SMILES string of the molecule is C[C@@H]1O[C@@]2(OCCO)CC[C@]3(C)C4=C(CC[C@@]13C2)C1CCC([C@@H](C)CC2CCCCC2)[C@@]1(C)CC4. The summed E-state index contributed by atoms with van der Waals surface area (Å²) in [5, 5.41) is 9.40. The Kier molecular flexibility index (Phi) is 6.30. The molecule has 198 valence electrons. The minimum absolute atomic E-state index is 0.0830. The molecule has 6 aliphatic rings. The summed E-state index contributed by atoms with van der Waals surface area (Å²) < 4.78 is 12.9. The average molecular weight is 485 g/mol. The van der Waals surface area contributed by atoms with Gasteiger partial charge in [0, 0.05) is 18.3 Å². The molecule has 0 aromatic carbocycles. The van der Waals surface area contributed by atoms with E-state index in [0.717, 1.165) is 36.5 Å². The largest absolute Gasteiger partial charge is 0.394 e. The van der Waals surface area contributed by atoms with E-state index in [-0.39, 0.29) is 23.5 Å². The van der Waals surface area contributed by atoms with Gasteiger partial charge in [-0.25, -0.2) is 0 Å². The molecule has 35 heavy (non-hydrogen) atoms. The van der Waals surface area contributed by atoms with Crippen LogP contribution < -0.4 is 0 Å². The number of rotatable bonds is 6. The van der Waals surface area contributed by atoms with Crippen LogP contribution in [0, 0.1) is 39.9 Å². The molecule has 1 aliphatic heterocycles. The molecular weight excluding hydrogens is 432 g/mol. The lowest BCUT2D eigenvalue weighted by atomic mass is 9.44. The summed E-state index contributed by atoms with van der Waals surface area (Å²) in [5.41, 5.74) is 4.76. The molecule has 2 unspecified atom stereocenters. The minimum atomic E-state index is -0.449. The molecule has 1 saturated heterocycles. The van der Waals surface area contributed by atoms with E-state index in [1.54, 1.807) is 0 Å². The topological polar surface area (TPSA) is 38.7 Å². The van der Waals surface area contributed by atoms with Crippen LogP contribution in [0.3, 0.4) is 0 Å². The zero-order valence-corrected chi connectivity index (χ0v) is 23.2. The Hall–Kier alpha value is -0.380. The zero-order chi connectivity index (χ0) is 24.5. The molecule has 3 saturated carbocycles. The summed E-state index contributed by atoms with van der Waals surface area (Å²) in [7, 11) is 0. The Morgan fingerprint density at radius 3 is 2.57 bits per heavy atom. The summed E-state index contributed by atoms with van der Waals surface area (Å²) in [6.07, 6.45) is 20.5. The molecule has 3 heteroatoms. The number of aliphatic hydroxyl groups is 1. The van der Waals surface area contributed by atoms with Crippen molar-refractivity contribution in [3.05, 3.63) is 11.1 Å². The first-order valence-electron chi connectivity index (χ1n) is 15.4. The Labute approximate surface area is 214 Å². The second kappa shape index (κ2) is 8.84. The van der Waals surface area contributed by atoms with Gasteiger partial charge in [-0.05, 0) is 92.8 Å². The van der Waals surface area contributed by atoms with Crippen LogP contribution in [0.1, 0.15) is 124 Å². The molecule has 0 radical (unpaired) electrons. The highest BCUT2D eigenvalue weighted by Crippen LogP contribution is 2.73. The first kappa shape index (κ1) is 24.9. The van der Waals surface area contributed by atoms with Gasteiger partial charge in [0.05, 0.1) is 19.3 Å². The zero-order valence-electron chi connectivity index (χ0n) is 23.2. The van der Waals surface area contributed by atoms with E-state index in [1.165, 1.54) is 83.5 Å². The van der Waals surface area contributed by atoms with E-state index in [4.69, 9.17) is 9.47 Å². The van der Waals surface area contributed by atoms with Gasteiger partial charge in [0.25, 0.3) is 0 Å². The fourth-order valence-electron chi connectivity index (χ4n) is 11.3. The van der Waals surface area contributed by atoms with Gasteiger partial charge >= 0.3 is 0 Å². The molecule has 3 nitrogen and oxygen atoms in total. The molecule has 0 aromatic heterocycles. The van der Waals surface area contributed by atoms with Crippen LogP contribution in [-0.4, -0.2) is 30.2 Å². The number of fused-ring (bicyclic) bond motifs is 4. The maximum atomic E-state index is 9.40. The summed E-state index contributed by atoms with van der Waals surface area (Å²) in [6.45, 7) is 10.7. The Morgan fingerprint density at radius 1 is 1.00 bits per heavy atom. The van der Waals surface area contributed by atoms with Gasteiger partial charge in [-0.1, -0.05) is 64.0 Å². The van der Waals surface area contributed by atoms with E-state index < -0.39 is 5.79 Å². The third kappa shape index (κ3) is 3.60. The lowest BCUT2D eigenvalue weighted by molar-refractivity contribution is -0.233. The Bertz CT molecular complexity index is 844. The van der Waals surface area contributed by atoms with E-state index in [1.807, 2.05) is 11.1 Å². The van der Waals surface area contributed by atoms with Crippen molar-refractivity contribution in [2.24, 2.45) is 39.9 Å². The van der Waals surface area contributed by atoms with Crippen molar-refractivity contribution in [3.8, 4) is 0 Å². The van der Waals surface area contributed by atoms with Crippen LogP contribution in [0.15, 0.2) is 11.1 Å². The maximum Gasteiger partial charge on any atom is 0.169 e. The van der Waals surface area contributed by atoms with Gasteiger partial charge in [-0.2, -0.15) is 0 Å². The smallest absolute Gasteiger partial charge is 0.169 e. The summed E-state index contributed by atoms with van der Waals surface area (Å²) in [4.78, 5) is 0. The highest BCUT2D eigenvalue weighted by atomic mass is 16.7. The van der Waals surface area contributed by atoms with Crippen molar-refractivity contribution >= 4 is 0 Å². The summed E-state index contributed by atoms with van der Waals surface area (Å²) in [6, 6.07) is 0. The monoisotopic (exact) mass is 484 g/mol. The fourth-order valence-corrected chi connectivity index (χ4v) is 11.3. The van der Waals surface area contributed by atoms with E-state index in [2.05, 4.69) is 27.7 Å². The van der Waals surface area contributed by atoms with Gasteiger partial charge in [0.1, 0.15) is 0 Å². The molecule has 1 N–H and O–H groups in total. The number of hydrogen-bond acceptors (Lipinski definition) is 3. The van der Waals surface area contributed by atoms with Gasteiger partial charge in [-0.3, -0.25) is 0 Å². The van der Waals surface area contributed by atoms with Gasteiger partial charge in [0.2, 0.25) is 0 Å². The highest BCUT2D eigenvalue weighted by Gasteiger charge is 2.69. The Balaban J connectivity index is 1.25. The number of hydrogen-bond donors (Lipinski definition) is 1. The van der Waals surface area contributed by atoms with Crippen LogP contribution >= 0.6 is 0 Å². The molecule has 5 aliphatic carbocycles. The lowest BCUT2D eigenvalue weighted by Gasteiger charge is -2.60. The van der Waals surface area contributed by atoms with Crippen LogP contribution in [0.5, 0.6) is 0 Å². The molecule has 0 amide bonds. The van der Waals surface area contributed by atoms with E-state index in [9.17, 15) is 5.11 Å². The van der Waals surface area contributed by atoms with Crippen molar-refractivity contribution in [2.45, 2.75) is 136 Å². The third-order valence-electron chi connectivity index (χ3n) is 13.1. The van der Waals surface area contributed by atoms with Crippen LogP contribution in [0.25, 0.3) is 0 Å². The van der Waals surface area contributed by atoms with Crippen LogP contribution in [0.4, 0.5) is 0 Å². The molecule has 0 aromatic rings. The molecule has 8 atom stereocenters. The predicted molar refractivity (Wildman–Crippen MR) is 141 cm³/mol. The van der Waals surface area contributed by atoms with Crippen molar-refractivity contribution in [1.29, 1.82) is 0 Å². The molecule has 1 spiro atoms. The average Bonchev–Trinajstić information content (AvgIpc) is 3.32. The third-order valence-corrected chi connectivity index (χ3v) is 13.1. The van der Waals surface area contributed by atoms with Crippen molar-refractivity contribution < 1.29 is 14.6 Å². The number of allylic oxidation sites excluding steroid dienone is 2. The molecule has 1 heterocycles. The maximum absolute atomic E-state index is 9.40. The molecule has 6 rings (SSSR count). The van der Waals surface area contributed by atoms with E-state index in [0.29, 0.717) is 12.0 Å². The Morgan fingerprint density at radius 2 is 1.80 bits per heavy atom. The van der Waals surface area contributed by atoms with Crippen molar-refractivity contribution in [1.82, 2.24) is 0 Å². The first-order chi connectivity index (χ1) is 16.8. The summed E-state index contributed by atoms with van der Waals surface area (Å²) in [5.74, 6) is 3.20. The van der Waals surface area contributed by atoms with Gasteiger partial charge in [0.15, 0.2) is 5.79 Å². The highest BCUT2D eigenvalue weighted by molar-refractivity contribution is 5.38. The van der Waals surface area contributed by atoms with Gasteiger partial charge < -0.3 is 14.6 Å². The minimum Gasteiger partial charge on any atom is -0.394 e. The first-order valence-corrected chi connectivity index (χ1v) is 15.4. The van der Waals surface area contributed by atoms with Gasteiger partial charge in [-0.15, -0.1) is 0 Å². The number of ether oxygens (including phenoxy) is 2. The normalized spacial score (nSPS) is 48.4. The van der Waals surface area contributed by atoms with Crippen LogP contribution in [-0.2, 0) is 9.47 Å². The quantitative estimate of drug-likeness (QED) is 0.391. The van der Waals surface area contributed by atoms with Crippen molar-refractivity contribution in [2.75, 3.05) is 13.2 Å². The summed E-state index contributed by atoms with van der Waals surface area (Å²) >= 11 is 0. The lowest BCUT2D eigenvalue weighted by Crippen LogP contribution is -2.54. The molecular formula is C32H52O3. The number of aliphatic hydroxyl groups excluding tert-OH is 1. The molecule has 4 fully saturated rings. The van der Waals surface area contributed by atoms with E-state index >= 15 is 0 Å². The second-order valence-corrected chi connectivity index (χ2v) is 14.4. The second-order valence-electron chi connectivity index (χ2n) is 14.4. The molecule has 2 bridgehead atoms. The van der Waals surface area contributed by atoms with Crippen molar-refractivity contribution in [3.63, 3.8) is 0 Å². The fraction of sp³-hybridized carbons (Fsp3) is 0.938. The van der Waals surface area contributed by atoms with Crippen LogP contribution in [0.2, 0.25) is 0 Å². The standard InChI is InChI=1S/C32H52O3/c1-22(20-24-8-6-5-7-9-24)26-10-11-27-25-12-15-31-21-32(34-19-18-33,35-23(31)2)17-16-30(31,4)28(25)13-14-29(26,27)3/h22-24,26-27,33H,5-21H2,1-4H3/t22-,23-,26?,27?,29+,30+,31+,32-/m0/s1.